The number of fused-ring (bicyclic) bond motifs is 1. The highest BCUT2D eigenvalue weighted by molar-refractivity contribution is 5.86. The molecule has 2 saturated heterocycles. The Labute approximate surface area is 221 Å². The molecule has 3 aliphatic heterocycles. The van der Waals surface area contributed by atoms with Gasteiger partial charge in [-0.1, -0.05) is 32.0 Å². The highest BCUT2D eigenvalue weighted by Gasteiger charge is 2.49. The van der Waals surface area contributed by atoms with Gasteiger partial charge in [-0.15, -0.1) is 0 Å². The second-order valence-electron chi connectivity index (χ2n) is 11.4. The molecule has 0 bridgehead atoms. The van der Waals surface area contributed by atoms with E-state index in [-0.39, 0.29) is 30.2 Å². The summed E-state index contributed by atoms with van der Waals surface area (Å²) in [4.78, 5) is 18.0. The van der Waals surface area contributed by atoms with Gasteiger partial charge in [0, 0.05) is 19.1 Å². The highest BCUT2D eigenvalue weighted by atomic mass is 19.4. The van der Waals surface area contributed by atoms with Crippen molar-refractivity contribution in [2.75, 3.05) is 26.2 Å². The third-order valence-corrected chi connectivity index (χ3v) is 8.90. The first-order chi connectivity index (χ1) is 18.1. The van der Waals surface area contributed by atoms with Crippen LogP contribution in [0.25, 0.3) is 0 Å². The zero-order valence-electron chi connectivity index (χ0n) is 22.1. The van der Waals surface area contributed by atoms with Gasteiger partial charge >= 0.3 is 6.18 Å². The first-order valence-corrected chi connectivity index (χ1v) is 13.7. The van der Waals surface area contributed by atoms with Crippen molar-refractivity contribution < 1.29 is 27.1 Å². The quantitative estimate of drug-likeness (QED) is 0.441. The Morgan fingerprint density at radius 2 is 1.71 bits per heavy atom. The second-order valence-corrected chi connectivity index (χ2v) is 11.4. The van der Waals surface area contributed by atoms with Crippen molar-refractivity contribution in [1.82, 2.24) is 9.80 Å². The molecule has 3 heterocycles. The van der Waals surface area contributed by atoms with Crippen molar-refractivity contribution in [3.05, 3.63) is 70.5 Å². The number of amides is 1. The van der Waals surface area contributed by atoms with Crippen LogP contribution in [0, 0.1) is 11.7 Å². The minimum absolute atomic E-state index is 0.0527. The fourth-order valence-corrected chi connectivity index (χ4v) is 6.45. The van der Waals surface area contributed by atoms with E-state index in [9.17, 15) is 22.4 Å². The van der Waals surface area contributed by atoms with Gasteiger partial charge in [-0.25, -0.2) is 4.39 Å². The predicted octanol–water partition coefficient (Wildman–Crippen LogP) is 6.18. The molecule has 4 nitrogen and oxygen atoms in total. The van der Waals surface area contributed by atoms with Crippen LogP contribution in [0.1, 0.15) is 67.7 Å². The summed E-state index contributed by atoms with van der Waals surface area (Å²) >= 11 is 0. The lowest BCUT2D eigenvalue weighted by Crippen LogP contribution is -2.60. The van der Waals surface area contributed by atoms with Gasteiger partial charge in [-0.2, -0.15) is 13.2 Å². The molecule has 3 aliphatic rings. The number of piperidine rings is 1. The van der Waals surface area contributed by atoms with Crippen LogP contribution in [0.3, 0.4) is 0 Å². The number of likely N-dealkylation sites (tertiary alicyclic amines) is 1. The van der Waals surface area contributed by atoms with Crippen LogP contribution >= 0.6 is 0 Å². The molecule has 8 heteroatoms. The van der Waals surface area contributed by atoms with Crippen molar-refractivity contribution >= 4 is 5.91 Å². The summed E-state index contributed by atoms with van der Waals surface area (Å²) in [7, 11) is 0. The molecule has 0 aromatic heterocycles. The number of hydrogen-bond acceptors (Lipinski definition) is 3. The van der Waals surface area contributed by atoms with Crippen LogP contribution < -0.4 is 0 Å². The standard InChI is InChI=1S/C30H36F4N2O2/c1-20(2)29(28(37)36-16-12-22-3-6-25(30(32,33)34)17-24(22)18-36)13-9-27(19-38-29)35-14-10-23(11-15-35)21-4-7-26(31)8-5-21/h3-8,17,20,23,27H,9-16,18-19H2,1-2H3/t27-,29+/m1/s1. The van der Waals surface area contributed by atoms with E-state index in [2.05, 4.69) is 4.90 Å². The summed E-state index contributed by atoms with van der Waals surface area (Å²) < 4.78 is 59.5. The van der Waals surface area contributed by atoms with E-state index in [0.717, 1.165) is 44.0 Å². The van der Waals surface area contributed by atoms with Crippen molar-refractivity contribution in [1.29, 1.82) is 0 Å². The SMILES string of the molecule is CC(C)[C@]1(C(=O)N2CCc3ccc(C(F)(F)F)cc3C2)CC[C@@H](N2CCC(c3ccc(F)cc3)CC2)CO1. The van der Waals surface area contributed by atoms with Gasteiger partial charge < -0.3 is 9.64 Å². The van der Waals surface area contributed by atoms with Gasteiger partial charge in [0.15, 0.2) is 0 Å². The Morgan fingerprint density at radius 1 is 1.00 bits per heavy atom. The van der Waals surface area contributed by atoms with E-state index < -0.39 is 17.3 Å². The van der Waals surface area contributed by atoms with Crippen molar-refractivity contribution in [3.63, 3.8) is 0 Å². The van der Waals surface area contributed by atoms with Crippen molar-refractivity contribution in [2.45, 2.75) is 76.2 Å². The molecular formula is C30H36F4N2O2. The lowest BCUT2D eigenvalue weighted by molar-refractivity contribution is -0.181. The van der Waals surface area contributed by atoms with Gasteiger partial charge in [-0.05, 0) is 98.0 Å². The van der Waals surface area contributed by atoms with Crippen LogP contribution in [0.4, 0.5) is 17.6 Å². The van der Waals surface area contributed by atoms with Crippen LogP contribution in [0.15, 0.2) is 42.5 Å². The number of nitrogens with zero attached hydrogens (tertiary/aromatic N) is 2. The van der Waals surface area contributed by atoms with Gasteiger partial charge in [0.05, 0.1) is 12.2 Å². The third-order valence-electron chi connectivity index (χ3n) is 8.90. The maximum atomic E-state index is 13.9. The van der Waals surface area contributed by atoms with Crippen molar-refractivity contribution in [3.8, 4) is 0 Å². The average Bonchev–Trinajstić information content (AvgIpc) is 2.92. The molecule has 206 valence electrons. The monoisotopic (exact) mass is 532 g/mol. The normalized spacial score (nSPS) is 25.4. The molecular weight excluding hydrogens is 496 g/mol. The number of benzene rings is 2. The molecule has 0 aliphatic carbocycles. The Bertz CT molecular complexity index is 1130. The smallest absolute Gasteiger partial charge is 0.363 e. The lowest BCUT2D eigenvalue weighted by atomic mass is 9.80. The zero-order valence-corrected chi connectivity index (χ0v) is 22.1. The minimum atomic E-state index is -4.41. The lowest BCUT2D eigenvalue weighted by Gasteiger charge is -2.48. The van der Waals surface area contributed by atoms with Crippen LogP contribution in [-0.4, -0.2) is 53.6 Å². The molecule has 0 N–H and O–H groups in total. The number of carbonyl (C=O) groups is 1. The number of hydrogen-bond donors (Lipinski definition) is 0. The van der Waals surface area contributed by atoms with Crippen LogP contribution in [-0.2, 0) is 28.7 Å². The van der Waals surface area contributed by atoms with Gasteiger partial charge in [0.2, 0.25) is 0 Å². The van der Waals surface area contributed by atoms with E-state index in [1.165, 1.54) is 23.8 Å². The second kappa shape index (κ2) is 10.6. The van der Waals surface area contributed by atoms with E-state index >= 15 is 0 Å². The molecule has 2 atom stereocenters. The third kappa shape index (κ3) is 5.34. The molecule has 0 radical (unpaired) electrons. The number of carbonyl (C=O) groups excluding carboxylic acids is 1. The predicted molar refractivity (Wildman–Crippen MR) is 137 cm³/mol. The minimum Gasteiger partial charge on any atom is -0.363 e. The summed E-state index contributed by atoms with van der Waals surface area (Å²) in [5, 5.41) is 0. The summed E-state index contributed by atoms with van der Waals surface area (Å²) in [5.74, 6) is 0.0492. The Balaban J connectivity index is 1.21. The topological polar surface area (TPSA) is 32.8 Å². The molecule has 2 aromatic carbocycles. The molecule has 2 fully saturated rings. The molecule has 0 saturated carbocycles. The fraction of sp³-hybridized carbons (Fsp3) is 0.567. The molecule has 0 spiro atoms. The molecule has 0 unspecified atom stereocenters. The zero-order chi connectivity index (χ0) is 27.1. The van der Waals surface area contributed by atoms with Gasteiger partial charge in [-0.3, -0.25) is 9.69 Å². The Morgan fingerprint density at radius 3 is 2.32 bits per heavy atom. The van der Waals surface area contributed by atoms with E-state index in [1.54, 1.807) is 11.0 Å². The van der Waals surface area contributed by atoms with E-state index in [4.69, 9.17) is 4.74 Å². The largest absolute Gasteiger partial charge is 0.416 e. The first kappa shape index (κ1) is 27.1. The average molecular weight is 533 g/mol. The summed E-state index contributed by atoms with van der Waals surface area (Å²) in [6.07, 6.45) is -0.423. The molecule has 5 rings (SSSR count). The van der Waals surface area contributed by atoms with Gasteiger partial charge in [0.25, 0.3) is 5.91 Å². The number of halogens is 4. The molecule has 38 heavy (non-hydrogen) atoms. The fourth-order valence-electron chi connectivity index (χ4n) is 6.45. The summed E-state index contributed by atoms with van der Waals surface area (Å²) in [6.45, 7) is 6.98. The van der Waals surface area contributed by atoms with Crippen LogP contribution in [0.5, 0.6) is 0 Å². The Hall–Kier alpha value is -2.45. The molecule has 1 amide bonds. The van der Waals surface area contributed by atoms with Crippen molar-refractivity contribution in [2.24, 2.45) is 5.92 Å². The summed E-state index contributed by atoms with van der Waals surface area (Å²) in [5.41, 5.74) is 0.984. The molecule has 2 aromatic rings. The number of ether oxygens (including phenoxy) is 1. The number of rotatable bonds is 4. The number of alkyl halides is 3. The van der Waals surface area contributed by atoms with E-state index in [1.807, 2.05) is 26.0 Å². The van der Waals surface area contributed by atoms with Gasteiger partial charge in [0.1, 0.15) is 11.4 Å². The Kier molecular flexibility index (Phi) is 7.57. The van der Waals surface area contributed by atoms with Crippen LogP contribution in [0.2, 0.25) is 0 Å². The highest BCUT2D eigenvalue weighted by Crippen LogP contribution is 2.39. The maximum absolute atomic E-state index is 13.9. The first-order valence-electron chi connectivity index (χ1n) is 13.7. The summed E-state index contributed by atoms with van der Waals surface area (Å²) in [6, 6.07) is 10.9. The van der Waals surface area contributed by atoms with E-state index in [0.29, 0.717) is 37.5 Å². The maximum Gasteiger partial charge on any atom is 0.416 e.